The predicted octanol–water partition coefficient (Wildman–Crippen LogP) is 3.69. The van der Waals surface area contributed by atoms with Gasteiger partial charge in [0.05, 0.1) is 5.56 Å². The number of hydrogen-bond acceptors (Lipinski definition) is 3. The van der Waals surface area contributed by atoms with E-state index in [4.69, 9.17) is 4.74 Å². The lowest BCUT2D eigenvalue weighted by atomic mass is 9.78. The van der Waals surface area contributed by atoms with E-state index in [0.717, 1.165) is 12.8 Å². The van der Waals surface area contributed by atoms with Gasteiger partial charge in [-0.3, -0.25) is 4.79 Å². The first-order chi connectivity index (χ1) is 10.9. The van der Waals surface area contributed by atoms with E-state index in [-0.39, 0.29) is 24.1 Å². The summed E-state index contributed by atoms with van der Waals surface area (Å²) < 4.78 is 18.3. The third kappa shape index (κ3) is 4.77. The highest BCUT2D eigenvalue weighted by atomic mass is 79.9. The van der Waals surface area contributed by atoms with Crippen molar-refractivity contribution in [1.82, 2.24) is 5.32 Å². The Hall–Kier alpha value is -1.43. The van der Waals surface area contributed by atoms with Crippen LogP contribution in [0.3, 0.4) is 0 Å². The average Bonchev–Trinajstić information content (AvgIpc) is 2.49. The molecule has 1 amide bonds. The lowest BCUT2D eigenvalue weighted by Crippen LogP contribution is -2.45. The molecular weight excluding hydrogens is 365 g/mol. The molecule has 0 saturated heterocycles. The molecule has 0 unspecified atom stereocenters. The largest absolute Gasteiger partial charge is 0.452 e. The van der Waals surface area contributed by atoms with Crippen LogP contribution in [-0.2, 0) is 9.53 Å². The second-order valence-corrected chi connectivity index (χ2v) is 7.00. The molecule has 0 heterocycles. The lowest BCUT2D eigenvalue weighted by molar-refractivity contribution is -0.125. The summed E-state index contributed by atoms with van der Waals surface area (Å²) in [6.45, 7) is 3.99. The van der Waals surface area contributed by atoms with Crippen LogP contribution in [-0.4, -0.2) is 24.5 Å². The van der Waals surface area contributed by atoms with Gasteiger partial charge in [-0.2, -0.15) is 0 Å². The van der Waals surface area contributed by atoms with Crippen LogP contribution in [0.5, 0.6) is 0 Å². The smallest absolute Gasteiger partial charge is 0.339 e. The van der Waals surface area contributed by atoms with Gasteiger partial charge in [0.15, 0.2) is 6.61 Å². The van der Waals surface area contributed by atoms with E-state index < -0.39 is 11.8 Å². The summed E-state index contributed by atoms with van der Waals surface area (Å²) in [4.78, 5) is 23.9. The van der Waals surface area contributed by atoms with Crippen LogP contribution in [0.25, 0.3) is 0 Å². The third-order valence-corrected chi connectivity index (χ3v) is 5.19. The third-order valence-electron chi connectivity index (χ3n) is 4.54. The number of rotatable bonds is 4. The number of benzene rings is 1. The summed E-state index contributed by atoms with van der Waals surface area (Å²) in [5, 5.41) is 2.94. The Bertz CT molecular complexity index is 593. The number of halogens is 2. The number of nitrogens with one attached hydrogen (secondary N) is 1. The van der Waals surface area contributed by atoms with Gasteiger partial charge in [-0.1, -0.05) is 26.7 Å². The van der Waals surface area contributed by atoms with Gasteiger partial charge in [-0.25, -0.2) is 9.18 Å². The fraction of sp³-hybridized carbons (Fsp3) is 0.529. The molecule has 3 atom stereocenters. The molecule has 0 aromatic heterocycles. The molecule has 1 aliphatic rings. The zero-order valence-corrected chi connectivity index (χ0v) is 14.9. The van der Waals surface area contributed by atoms with Crippen LogP contribution < -0.4 is 5.32 Å². The molecule has 0 spiro atoms. The van der Waals surface area contributed by atoms with Gasteiger partial charge in [0.25, 0.3) is 5.91 Å². The van der Waals surface area contributed by atoms with Crippen LogP contribution in [0.2, 0.25) is 0 Å². The Morgan fingerprint density at radius 3 is 2.78 bits per heavy atom. The standard InChI is InChI=1S/C17H21BrFNO3/c1-10-4-3-5-15(11(10)2)20-16(21)9-23-17(22)13-7-6-12(19)8-14(13)18/h6-8,10-11,15H,3-5,9H2,1-2H3,(H,20,21)/t10-,11+,15-/m0/s1. The van der Waals surface area contributed by atoms with Gasteiger partial charge in [0, 0.05) is 10.5 Å². The highest BCUT2D eigenvalue weighted by Crippen LogP contribution is 2.29. The average molecular weight is 386 g/mol. The Balaban J connectivity index is 1.85. The van der Waals surface area contributed by atoms with Gasteiger partial charge in [0.1, 0.15) is 5.82 Å². The first-order valence-electron chi connectivity index (χ1n) is 7.80. The topological polar surface area (TPSA) is 55.4 Å². The van der Waals surface area contributed by atoms with Crippen LogP contribution in [0.15, 0.2) is 22.7 Å². The van der Waals surface area contributed by atoms with E-state index in [1.54, 1.807) is 0 Å². The highest BCUT2D eigenvalue weighted by Gasteiger charge is 2.28. The van der Waals surface area contributed by atoms with Crippen molar-refractivity contribution in [3.05, 3.63) is 34.1 Å². The van der Waals surface area contributed by atoms with Crippen molar-refractivity contribution in [3.63, 3.8) is 0 Å². The summed E-state index contributed by atoms with van der Waals surface area (Å²) in [5.41, 5.74) is 0.193. The normalized spacial score (nSPS) is 24.1. The first kappa shape index (κ1) is 17.9. The second-order valence-electron chi connectivity index (χ2n) is 6.14. The van der Waals surface area contributed by atoms with Crippen molar-refractivity contribution >= 4 is 27.8 Å². The zero-order valence-electron chi connectivity index (χ0n) is 13.3. The summed E-state index contributed by atoms with van der Waals surface area (Å²) in [6, 6.07) is 3.81. The number of esters is 1. The molecular formula is C17H21BrFNO3. The first-order valence-corrected chi connectivity index (χ1v) is 8.59. The quantitative estimate of drug-likeness (QED) is 0.804. The number of amides is 1. The van der Waals surface area contributed by atoms with Crippen molar-refractivity contribution in [2.75, 3.05) is 6.61 Å². The molecule has 6 heteroatoms. The molecule has 1 aromatic carbocycles. The van der Waals surface area contributed by atoms with Crippen molar-refractivity contribution in [2.45, 2.75) is 39.2 Å². The van der Waals surface area contributed by atoms with Crippen LogP contribution in [0, 0.1) is 17.7 Å². The molecule has 126 valence electrons. The van der Waals surface area contributed by atoms with Crippen molar-refractivity contribution in [3.8, 4) is 0 Å². The summed E-state index contributed by atoms with van der Waals surface area (Å²) >= 11 is 3.11. The van der Waals surface area contributed by atoms with Gasteiger partial charge in [0.2, 0.25) is 0 Å². The monoisotopic (exact) mass is 385 g/mol. The second kappa shape index (κ2) is 7.90. The lowest BCUT2D eigenvalue weighted by Gasteiger charge is -2.34. The van der Waals surface area contributed by atoms with Crippen molar-refractivity contribution in [1.29, 1.82) is 0 Å². The fourth-order valence-electron chi connectivity index (χ4n) is 2.90. The SMILES string of the molecule is C[C@H]1[C@@H](NC(=O)COC(=O)c2ccc(F)cc2Br)CCC[C@@H]1C. The molecule has 0 aliphatic heterocycles. The molecule has 2 rings (SSSR count). The minimum atomic E-state index is -0.655. The molecule has 23 heavy (non-hydrogen) atoms. The van der Waals surface area contributed by atoms with E-state index in [2.05, 4.69) is 35.1 Å². The Kier molecular flexibility index (Phi) is 6.16. The van der Waals surface area contributed by atoms with Crippen molar-refractivity contribution in [2.24, 2.45) is 11.8 Å². The minimum absolute atomic E-state index is 0.127. The van der Waals surface area contributed by atoms with E-state index in [1.165, 1.54) is 24.6 Å². The molecule has 0 bridgehead atoms. The van der Waals surface area contributed by atoms with Crippen LogP contribution in [0.1, 0.15) is 43.5 Å². The molecule has 4 nitrogen and oxygen atoms in total. The maximum atomic E-state index is 13.0. The molecule has 1 saturated carbocycles. The van der Waals surface area contributed by atoms with E-state index in [9.17, 15) is 14.0 Å². The molecule has 0 radical (unpaired) electrons. The zero-order chi connectivity index (χ0) is 17.0. The van der Waals surface area contributed by atoms with Gasteiger partial charge >= 0.3 is 5.97 Å². The Morgan fingerprint density at radius 1 is 1.35 bits per heavy atom. The minimum Gasteiger partial charge on any atom is -0.452 e. The van der Waals surface area contributed by atoms with Gasteiger partial charge in [-0.15, -0.1) is 0 Å². The van der Waals surface area contributed by atoms with E-state index >= 15 is 0 Å². The van der Waals surface area contributed by atoms with E-state index in [0.29, 0.717) is 16.3 Å². The van der Waals surface area contributed by atoms with Gasteiger partial charge < -0.3 is 10.1 Å². The fourth-order valence-corrected chi connectivity index (χ4v) is 3.41. The Labute approximate surface area is 143 Å². The maximum absolute atomic E-state index is 13.0. The maximum Gasteiger partial charge on any atom is 0.339 e. The number of ether oxygens (including phenoxy) is 1. The molecule has 1 N–H and O–H groups in total. The van der Waals surface area contributed by atoms with Crippen LogP contribution in [0.4, 0.5) is 4.39 Å². The molecule has 1 fully saturated rings. The Morgan fingerprint density at radius 2 is 2.09 bits per heavy atom. The van der Waals surface area contributed by atoms with Crippen LogP contribution >= 0.6 is 15.9 Å². The number of carbonyl (C=O) groups is 2. The predicted molar refractivity (Wildman–Crippen MR) is 88.5 cm³/mol. The number of carbonyl (C=O) groups excluding carboxylic acids is 2. The highest BCUT2D eigenvalue weighted by molar-refractivity contribution is 9.10. The molecule has 1 aromatic rings. The summed E-state index contributed by atoms with van der Waals surface area (Å²) in [5.74, 6) is -0.424. The van der Waals surface area contributed by atoms with Gasteiger partial charge in [-0.05, 0) is 52.4 Å². The summed E-state index contributed by atoms with van der Waals surface area (Å²) in [7, 11) is 0. The summed E-state index contributed by atoms with van der Waals surface area (Å²) in [6.07, 6.45) is 3.23. The van der Waals surface area contributed by atoms with E-state index in [1.807, 2.05) is 0 Å². The number of hydrogen-bond donors (Lipinski definition) is 1. The molecule has 1 aliphatic carbocycles. The van der Waals surface area contributed by atoms with Crippen molar-refractivity contribution < 1.29 is 18.7 Å².